The molecular formula is C13H18N2O2S. The topological polar surface area (TPSA) is 61.4 Å². The second-order valence-corrected chi connectivity index (χ2v) is 5.57. The largest absolute Gasteiger partial charge is 0.394 e. The smallest absolute Gasteiger partial charge is 0.315 e. The first-order valence-corrected chi connectivity index (χ1v) is 7.09. The lowest BCUT2D eigenvalue weighted by Gasteiger charge is -2.26. The van der Waals surface area contributed by atoms with E-state index in [-0.39, 0.29) is 24.7 Å². The third-order valence-electron chi connectivity index (χ3n) is 2.92. The van der Waals surface area contributed by atoms with Gasteiger partial charge in [-0.15, -0.1) is 11.8 Å². The van der Waals surface area contributed by atoms with Crippen molar-refractivity contribution in [3.8, 4) is 0 Å². The summed E-state index contributed by atoms with van der Waals surface area (Å²) in [5.74, 6) is 1.01. The van der Waals surface area contributed by atoms with E-state index < -0.39 is 0 Å². The second-order valence-electron chi connectivity index (χ2n) is 4.43. The van der Waals surface area contributed by atoms with Crippen LogP contribution in [0.15, 0.2) is 29.2 Å². The van der Waals surface area contributed by atoms with E-state index in [4.69, 9.17) is 5.11 Å². The number of amides is 2. The number of aliphatic hydroxyl groups is 1. The molecule has 98 valence electrons. The summed E-state index contributed by atoms with van der Waals surface area (Å²) in [6.07, 6.45) is 0.933. The van der Waals surface area contributed by atoms with Crippen molar-refractivity contribution in [3.63, 3.8) is 0 Å². The van der Waals surface area contributed by atoms with Crippen LogP contribution in [0.3, 0.4) is 0 Å². The molecule has 2 unspecified atom stereocenters. The van der Waals surface area contributed by atoms with Crippen LogP contribution in [-0.2, 0) is 0 Å². The molecule has 0 fully saturated rings. The molecule has 1 aliphatic rings. The Balaban J connectivity index is 2.01. The SMILES string of the molecule is CC(CO)NC(=O)NC1CCSc2ccccc21. The van der Waals surface area contributed by atoms with E-state index in [9.17, 15) is 4.79 Å². The van der Waals surface area contributed by atoms with E-state index in [1.165, 1.54) is 10.5 Å². The van der Waals surface area contributed by atoms with Crippen LogP contribution >= 0.6 is 11.8 Å². The summed E-state index contributed by atoms with van der Waals surface area (Å²) in [6, 6.07) is 7.77. The highest BCUT2D eigenvalue weighted by Crippen LogP contribution is 2.35. The van der Waals surface area contributed by atoms with E-state index >= 15 is 0 Å². The van der Waals surface area contributed by atoms with Gasteiger partial charge in [0.15, 0.2) is 0 Å². The first kappa shape index (κ1) is 13.2. The number of hydrogen-bond acceptors (Lipinski definition) is 3. The van der Waals surface area contributed by atoms with Gasteiger partial charge >= 0.3 is 6.03 Å². The highest BCUT2D eigenvalue weighted by Gasteiger charge is 2.22. The summed E-state index contributed by atoms with van der Waals surface area (Å²) in [4.78, 5) is 13.0. The summed E-state index contributed by atoms with van der Waals surface area (Å²) in [7, 11) is 0. The summed E-state index contributed by atoms with van der Waals surface area (Å²) in [5, 5.41) is 14.6. The summed E-state index contributed by atoms with van der Waals surface area (Å²) in [6.45, 7) is 1.72. The summed E-state index contributed by atoms with van der Waals surface area (Å²) in [5.41, 5.74) is 1.18. The van der Waals surface area contributed by atoms with Crippen molar-refractivity contribution in [1.82, 2.24) is 10.6 Å². The number of nitrogens with one attached hydrogen (secondary N) is 2. The van der Waals surface area contributed by atoms with Gasteiger partial charge in [-0.3, -0.25) is 0 Å². The van der Waals surface area contributed by atoms with Gasteiger partial charge in [-0.25, -0.2) is 4.79 Å². The third kappa shape index (κ3) is 3.17. The van der Waals surface area contributed by atoms with Gasteiger partial charge in [-0.2, -0.15) is 0 Å². The van der Waals surface area contributed by atoms with E-state index in [0.29, 0.717) is 0 Å². The van der Waals surface area contributed by atoms with Crippen LogP contribution in [0, 0.1) is 0 Å². The molecule has 1 heterocycles. The van der Waals surface area contributed by atoms with E-state index in [2.05, 4.69) is 22.8 Å². The molecule has 0 saturated heterocycles. The Kier molecular flexibility index (Phi) is 4.49. The summed E-state index contributed by atoms with van der Waals surface area (Å²) < 4.78 is 0. The average molecular weight is 266 g/mol. The molecule has 0 aromatic heterocycles. The molecule has 2 atom stereocenters. The van der Waals surface area contributed by atoms with Crippen molar-refractivity contribution in [2.75, 3.05) is 12.4 Å². The minimum Gasteiger partial charge on any atom is -0.394 e. The Labute approximate surface area is 111 Å². The molecule has 4 nitrogen and oxygen atoms in total. The molecule has 2 amide bonds. The van der Waals surface area contributed by atoms with Gasteiger partial charge in [-0.1, -0.05) is 18.2 Å². The fourth-order valence-electron chi connectivity index (χ4n) is 1.96. The minimum atomic E-state index is -0.224. The molecule has 1 aromatic carbocycles. The monoisotopic (exact) mass is 266 g/mol. The Morgan fingerprint density at radius 2 is 2.33 bits per heavy atom. The maximum atomic E-state index is 11.8. The zero-order chi connectivity index (χ0) is 13.0. The Hall–Kier alpha value is -1.20. The van der Waals surface area contributed by atoms with Gasteiger partial charge in [0.05, 0.1) is 18.7 Å². The van der Waals surface area contributed by atoms with Crippen molar-refractivity contribution in [3.05, 3.63) is 29.8 Å². The number of benzene rings is 1. The highest BCUT2D eigenvalue weighted by atomic mass is 32.2. The fraction of sp³-hybridized carbons (Fsp3) is 0.462. The van der Waals surface area contributed by atoms with Gasteiger partial charge in [0.25, 0.3) is 0 Å². The highest BCUT2D eigenvalue weighted by molar-refractivity contribution is 7.99. The number of hydrogen-bond donors (Lipinski definition) is 3. The second kappa shape index (κ2) is 6.11. The number of carbonyl (C=O) groups is 1. The lowest BCUT2D eigenvalue weighted by atomic mass is 10.0. The number of thioether (sulfide) groups is 1. The molecule has 3 N–H and O–H groups in total. The molecule has 1 aromatic rings. The van der Waals surface area contributed by atoms with Crippen LogP contribution in [0.25, 0.3) is 0 Å². The number of urea groups is 1. The molecule has 0 aliphatic carbocycles. The molecule has 0 saturated carbocycles. The van der Waals surface area contributed by atoms with Crippen LogP contribution in [-0.4, -0.2) is 29.5 Å². The minimum absolute atomic E-state index is 0.0511. The normalized spacial score (nSPS) is 19.8. The van der Waals surface area contributed by atoms with Gasteiger partial charge in [0.1, 0.15) is 0 Å². The van der Waals surface area contributed by atoms with Crippen LogP contribution in [0.5, 0.6) is 0 Å². The molecule has 0 bridgehead atoms. The number of carbonyl (C=O) groups excluding carboxylic acids is 1. The average Bonchev–Trinajstić information content (AvgIpc) is 2.39. The molecule has 5 heteroatoms. The van der Waals surface area contributed by atoms with Gasteiger partial charge < -0.3 is 15.7 Å². The van der Waals surface area contributed by atoms with Crippen LogP contribution < -0.4 is 10.6 Å². The standard InChI is InChI=1S/C13H18N2O2S/c1-9(8-16)14-13(17)15-11-6-7-18-12-5-3-2-4-10(11)12/h2-5,9,11,16H,6-8H2,1H3,(H2,14,15,17). The molecule has 18 heavy (non-hydrogen) atoms. The predicted octanol–water partition coefficient (Wildman–Crippen LogP) is 1.90. The quantitative estimate of drug-likeness (QED) is 0.783. The van der Waals surface area contributed by atoms with E-state index in [1.807, 2.05) is 23.9 Å². The maximum absolute atomic E-state index is 11.8. The zero-order valence-electron chi connectivity index (χ0n) is 10.3. The number of rotatable bonds is 3. The van der Waals surface area contributed by atoms with E-state index in [1.54, 1.807) is 6.92 Å². The van der Waals surface area contributed by atoms with Crippen molar-refractivity contribution < 1.29 is 9.90 Å². The number of fused-ring (bicyclic) bond motifs is 1. The summed E-state index contributed by atoms with van der Waals surface area (Å²) >= 11 is 1.83. The third-order valence-corrected chi connectivity index (χ3v) is 4.04. The van der Waals surface area contributed by atoms with Crippen molar-refractivity contribution in [2.24, 2.45) is 0 Å². The first-order chi connectivity index (χ1) is 8.70. The first-order valence-electron chi connectivity index (χ1n) is 6.10. The van der Waals surface area contributed by atoms with Crippen LogP contribution in [0.2, 0.25) is 0 Å². The Morgan fingerprint density at radius 1 is 1.56 bits per heavy atom. The predicted molar refractivity (Wildman–Crippen MR) is 72.7 cm³/mol. The maximum Gasteiger partial charge on any atom is 0.315 e. The molecule has 0 radical (unpaired) electrons. The number of aliphatic hydroxyl groups excluding tert-OH is 1. The Morgan fingerprint density at radius 3 is 3.11 bits per heavy atom. The van der Waals surface area contributed by atoms with Gasteiger partial charge in [-0.05, 0) is 25.0 Å². The van der Waals surface area contributed by atoms with Crippen LogP contribution in [0.4, 0.5) is 4.79 Å². The molecule has 2 rings (SSSR count). The van der Waals surface area contributed by atoms with Gasteiger partial charge in [0.2, 0.25) is 0 Å². The molecule has 1 aliphatic heterocycles. The fourth-order valence-corrected chi connectivity index (χ4v) is 3.09. The Bertz CT molecular complexity index is 425. The molecule has 0 spiro atoms. The van der Waals surface area contributed by atoms with E-state index in [0.717, 1.165) is 12.2 Å². The van der Waals surface area contributed by atoms with Crippen LogP contribution in [0.1, 0.15) is 24.9 Å². The van der Waals surface area contributed by atoms with Gasteiger partial charge in [0, 0.05) is 10.6 Å². The lowest BCUT2D eigenvalue weighted by molar-refractivity contribution is 0.217. The zero-order valence-corrected chi connectivity index (χ0v) is 11.2. The molecular weight excluding hydrogens is 248 g/mol. The van der Waals surface area contributed by atoms with Crippen molar-refractivity contribution >= 4 is 17.8 Å². The lowest BCUT2D eigenvalue weighted by Crippen LogP contribution is -2.44. The van der Waals surface area contributed by atoms with Crippen molar-refractivity contribution in [2.45, 2.75) is 30.3 Å². The van der Waals surface area contributed by atoms with Crippen molar-refractivity contribution in [1.29, 1.82) is 0 Å².